The first-order valence-electron chi connectivity index (χ1n) is 9.15. The van der Waals surface area contributed by atoms with E-state index in [0.717, 1.165) is 11.1 Å². The Labute approximate surface area is 171 Å². The quantitative estimate of drug-likeness (QED) is 0.667. The predicted molar refractivity (Wildman–Crippen MR) is 109 cm³/mol. The molecule has 0 fully saturated rings. The zero-order valence-electron chi connectivity index (χ0n) is 16.4. The number of carbonyl (C=O) groups is 2. The summed E-state index contributed by atoms with van der Waals surface area (Å²) in [4.78, 5) is 24.5. The zero-order chi connectivity index (χ0) is 20.6. The van der Waals surface area contributed by atoms with Gasteiger partial charge in [0.1, 0.15) is 12.2 Å². The molecule has 0 saturated carbocycles. The summed E-state index contributed by atoms with van der Waals surface area (Å²) >= 11 is 6.23. The lowest BCUT2D eigenvalue weighted by Crippen LogP contribution is -2.41. The fraction of sp³-hybridized carbons (Fsp3) is 0.364. The average Bonchev–Trinajstić information content (AvgIpc) is 2.61. The highest BCUT2D eigenvalue weighted by Gasteiger charge is 2.23. The number of hydrogen-bond donors (Lipinski definition) is 1. The van der Waals surface area contributed by atoms with Gasteiger partial charge in [-0.2, -0.15) is 0 Å². The Morgan fingerprint density at radius 1 is 1.04 bits per heavy atom. The van der Waals surface area contributed by atoms with Crippen LogP contribution in [0.2, 0.25) is 5.02 Å². The van der Waals surface area contributed by atoms with Crippen LogP contribution in [-0.4, -0.2) is 23.7 Å². The minimum absolute atomic E-state index is 0.0112. The van der Waals surface area contributed by atoms with Gasteiger partial charge in [-0.15, -0.1) is 0 Å². The van der Waals surface area contributed by atoms with E-state index in [4.69, 9.17) is 21.1 Å². The van der Waals surface area contributed by atoms with Crippen LogP contribution in [0, 0.1) is 0 Å². The Hall–Kier alpha value is -2.53. The summed E-state index contributed by atoms with van der Waals surface area (Å²) in [5.41, 5.74) is 1.10. The Kier molecular flexibility index (Phi) is 7.88. The normalized spacial score (nSPS) is 12.1. The maximum Gasteiger partial charge on any atom is 0.407 e. The van der Waals surface area contributed by atoms with Gasteiger partial charge >= 0.3 is 12.1 Å². The van der Waals surface area contributed by atoms with Crippen LogP contribution in [0.15, 0.2) is 54.6 Å². The van der Waals surface area contributed by atoms with E-state index in [9.17, 15) is 9.59 Å². The second-order valence-electron chi connectivity index (χ2n) is 7.49. The van der Waals surface area contributed by atoms with Gasteiger partial charge in [0.15, 0.2) is 0 Å². The molecule has 2 rings (SSSR count). The fourth-order valence-corrected chi connectivity index (χ4v) is 2.79. The molecule has 0 unspecified atom stereocenters. The van der Waals surface area contributed by atoms with Crippen molar-refractivity contribution in [1.82, 2.24) is 5.32 Å². The van der Waals surface area contributed by atoms with Gasteiger partial charge in [-0.3, -0.25) is 4.79 Å². The number of esters is 1. The van der Waals surface area contributed by atoms with E-state index in [1.165, 1.54) is 0 Å². The molecule has 0 saturated heterocycles. The summed E-state index contributed by atoms with van der Waals surface area (Å²) in [6.07, 6.45) is -0.183. The molecule has 2 aromatic carbocycles. The molecule has 0 spiro atoms. The predicted octanol–water partition coefficient (Wildman–Crippen LogP) is 4.91. The van der Waals surface area contributed by atoms with E-state index in [0.29, 0.717) is 11.4 Å². The lowest BCUT2D eigenvalue weighted by molar-refractivity contribution is -0.145. The summed E-state index contributed by atoms with van der Waals surface area (Å²) in [6, 6.07) is 16.3. The smallest absolute Gasteiger partial charge is 0.407 e. The Bertz CT molecular complexity index is 787. The van der Waals surface area contributed by atoms with Crippen molar-refractivity contribution in [3.8, 4) is 0 Å². The molecule has 0 aliphatic heterocycles. The number of rotatable bonds is 7. The molecular formula is C22H26ClNO4. The molecule has 0 heterocycles. The van der Waals surface area contributed by atoms with Crippen LogP contribution in [0.25, 0.3) is 0 Å². The zero-order valence-corrected chi connectivity index (χ0v) is 17.2. The Morgan fingerprint density at radius 2 is 1.68 bits per heavy atom. The molecular weight excluding hydrogens is 378 g/mol. The highest BCUT2D eigenvalue weighted by molar-refractivity contribution is 6.31. The van der Waals surface area contributed by atoms with Crippen molar-refractivity contribution in [2.24, 2.45) is 0 Å². The standard InChI is InChI=1S/C22H26ClNO4/c1-22(2,3)28-21(26)24-18(13-17-11-7-8-12-19(17)23)14-20(25)27-15-16-9-5-4-6-10-16/h4-12,18H,13-15H2,1-3H3,(H,24,26)/t18-/m1/s1. The van der Waals surface area contributed by atoms with E-state index < -0.39 is 23.7 Å². The number of carbonyl (C=O) groups excluding carboxylic acids is 2. The van der Waals surface area contributed by atoms with Crippen LogP contribution in [0.1, 0.15) is 38.3 Å². The second kappa shape index (κ2) is 10.1. The van der Waals surface area contributed by atoms with Gasteiger partial charge in [0, 0.05) is 11.1 Å². The van der Waals surface area contributed by atoms with Crippen molar-refractivity contribution in [2.45, 2.75) is 51.9 Å². The maximum atomic E-state index is 12.3. The minimum Gasteiger partial charge on any atom is -0.461 e. The van der Waals surface area contributed by atoms with E-state index in [-0.39, 0.29) is 13.0 Å². The minimum atomic E-state index is -0.632. The first-order chi connectivity index (χ1) is 13.2. The average molecular weight is 404 g/mol. The number of nitrogens with one attached hydrogen (secondary N) is 1. The third-order valence-electron chi connectivity index (χ3n) is 3.80. The van der Waals surface area contributed by atoms with Gasteiger partial charge in [-0.05, 0) is 44.4 Å². The Morgan fingerprint density at radius 3 is 2.32 bits per heavy atom. The lowest BCUT2D eigenvalue weighted by atomic mass is 10.0. The SMILES string of the molecule is CC(C)(C)OC(=O)N[C@@H](CC(=O)OCc1ccccc1)Cc1ccccc1Cl. The molecule has 1 N–H and O–H groups in total. The molecule has 28 heavy (non-hydrogen) atoms. The van der Waals surface area contributed by atoms with E-state index in [1.54, 1.807) is 26.8 Å². The number of halogens is 1. The third-order valence-corrected chi connectivity index (χ3v) is 4.17. The van der Waals surface area contributed by atoms with Gasteiger partial charge in [0.25, 0.3) is 0 Å². The van der Waals surface area contributed by atoms with Crippen molar-refractivity contribution in [2.75, 3.05) is 0 Å². The van der Waals surface area contributed by atoms with Crippen LogP contribution in [0.3, 0.4) is 0 Å². The number of benzene rings is 2. The lowest BCUT2D eigenvalue weighted by Gasteiger charge is -2.23. The fourth-order valence-electron chi connectivity index (χ4n) is 2.58. The van der Waals surface area contributed by atoms with Crippen molar-refractivity contribution in [3.05, 3.63) is 70.7 Å². The van der Waals surface area contributed by atoms with Crippen molar-refractivity contribution in [1.29, 1.82) is 0 Å². The molecule has 1 amide bonds. The summed E-state index contributed by atoms with van der Waals surface area (Å²) < 4.78 is 10.7. The molecule has 0 radical (unpaired) electrons. The molecule has 5 nitrogen and oxygen atoms in total. The number of ether oxygens (including phenoxy) is 2. The topological polar surface area (TPSA) is 64.6 Å². The monoisotopic (exact) mass is 403 g/mol. The van der Waals surface area contributed by atoms with Crippen LogP contribution in [0.5, 0.6) is 0 Å². The number of alkyl carbamates (subject to hydrolysis) is 1. The summed E-state index contributed by atoms with van der Waals surface area (Å²) in [5, 5.41) is 3.34. The first-order valence-corrected chi connectivity index (χ1v) is 9.53. The van der Waals surface area contributed by atoms with Crippen LogP contribution < -0.4 is 5.32 Å². The molecule has 0 aliphatic carbocycles. The van der Waals surface area contributed by atoms with Crippen molar-refractivity contribution in [3.63, 3.8) is 0 Å². The molecule has 1 atom stereocenters. The number of hydrogen-bond acceptors (Lipinski definition) is 4. The molecule has 0 aromatic heterocycles. The maximum absolute atomic E-state index is 12.3. The van der Waals surface area contributed by atoms with E-state index >= 15 is 0 Å². The molecule has 6 heteroatoms. The molecule has 0 aliphatic rings. The van der Waals surface area contributed by atoms with Crippen LogP contribution >= 0.6 is 11.6 Å². The third kappa shape index (κ3) is 8.01. The molecule has 0 bridgehead atoms. The number of amides is 1. The van der Waals surface area contributed by atoms with Gasteiger partial charge < -0.3 is 14.8 Å². The van der Waals surface area contributed by atoms with Gasteiger partial charge in [-0.1, -0.05) is 60.1 Å². The van der Waals surface area contributed by atoms with Gasteiger partial charge in [0.05, 0.1) is 6.42 Å². The van der Waals surface area contributed by atoms with Crippen molar-refractivity contribution < 1.29 is 19.1 Å². The highest BCUT2D eigenvalue weighted by atomic mass is 35.5. The van der Waals surface area contributed by atoms with Crippen molar-refractivity contribution >= 4 is 23.7 Å². The highest BCUT2D eigenvalue weighted by Crippen LogP contribution is 2.18. The summed E-state index contributed by atoms with van der Waals surface area (Å²) in [5.74, 6) is -0.406. The van der Waals surface area contributed by atoms with Crippen LogP contribution in [0.4, 0.5) is 4.79 Å². The summed E-state index contributed by atoms with van der Waals surface area (Å²) in [7, 11) is 0. The Balaban J connectivity index is 2.01. The van der Waals surface area contributed by atoms with Crippen LogP contribution in [-0.2, 0) is 27.3 Å². The largest absolute Gasteiger partial charge is 0.461 e. The second-order valence-corrected chi connectivity index (χ2v) is 7.90. The van der Waals surface area contributed by atoms with Gasteiger partial charge in [-0.25, -0.2) is 4.79 Å². The molecule has 2 aromatic rings. The first kappa shape index (κ1) is 21.8. The summed E-state index contributed by atoms with van der Waals surface area (Å²) in [6.45, 7) is 5.53. The van der Waals surface area contributed by atoms with E-state index in [2.05, 4.69) is 5.32 Å². The van der Waals surface area contributed by atoms with Gasteiger partial charge in [0.2, 0.25) is 0 Å². The van der Waals surface area contributed by atoms with E-state index in [1.807, 2.05) is 48.5 Å². The molecule has 150 valence electrons.